The van der Waals surface area contributed by atoms with Gasteiger partial charge in [-0.3, -0.25) is 9.79 Å². The molecule has 8 heteroatoms. The number of carbonyl (C=O) groups is 1. The fraction of sp³-hybridized carbons (Fsp3) is 0.409. The first-order valence-corrected chi connectivity index (χ1v) is 10.0. The van der Waals surface area contributed by atoms with Crippen molar-refractivity contribution in [3.63, 3.8) is 0 Å². The van der Waals surface area contributed by atoms with Crippen LogP contribution in [0.1, 0.15) is 37.3 Å². The van der Waals surface area contributed by atoms with E-state index < -0.39 is 0 Å². The topological polar surface area (TPSA) is 78.4 Å². The molecule has 1 saturated carbocycles. The average molecular weight is 525 g/mol. The lowest BCUT2D eigenvalue weighted by Crippen LogP contribution is -2.39. The fourth-order valence-corrected chi connectivity index (χ4v) is 3.12. The number of pyridine rings is 1. The van der Waals surface area contributed by atoms with Gasteiger partial charge in [-0.15, -0.1) is 24.0 Å². The summed E-state index contributed by atoms with van der Waals surface area (Å²) in [7, 11) is 0. The quantitative estimate of drug-likeness (QED) is 0.279. The number of hydrogen-bond acceptors (Lipinski definition) is 3. The number of anilines is 1. The number of carbonyl (C=O) groups excluding carboxylic acids is 1. The van der Waals surface area contributed by atoms with Gasteiger partial charge in [-0.1, -0.05) is 18.2 Å². The Balaban J connectivity index is 0.00000320. The maximum atomic E-state index is 13.6. The van der Waals surface area contributed by atoms with E-state index in [1.807, 2.05) is 26.0 Å². The Labute approximate surface area is 194 Å². The molecular formula is C22H29FIN5O. The molecule has 1 amide bonds. The minimum atomic E-state index is -0.211. The van der Waals surface area contributed by atoms with Crippen LogP contribution in [0.3, 0.4) is 0 Å². The summed E-state index contributed by atoms with van der Waals surface area (Å²) in [5.41, 5.74) is 1.98. The number of hydrogen-bond donors (Lipinski definition) is 3. The van der Waals surface area contributed by atoms with Crippen LogP contribution in [0, 0.1) is 12.7 Å². The molecule has 1 heterocycles. The molecule has 1 fully saturated rings. The van der Waals surface area contributed by atoms with E-state index in [0.29, 0.717) is 31.3 Å². The van der Waals surface area contributed by atoms with Crippen molar-refractivity contribution in [1.29, 1.82) is 0 Å². The molecule has 1 aromatic heterocycles. The summed E-state index contributed by atoms with van der Waals surface area (Å²) in [6, 6.07) is 10.5. The second-order valence-corrected chi connectivity index (χ2v) is 7.43. The van der Waals surface area contributed by atoms with Crippen LogP contribution in [0.25, 0.3) is 0 Å². The summed E-state index contributed by atoms with van der Waals surface area (Å²) in [6.07, 6.45) is 4.03. The molecule has 3 N–H and O–H groups in total. The van der Waals surface area contributed by atoms with Gasteiger partial charge in [0.15, 0.2) is 5.96 Å². The Bertz CT molecular complexity index is 868. The van der Waals surface area contributed by atoms with Gasteiger partial charge in [0.1, 0.15) is 11.6 Å². The number of amides is 1. The molecule has 162 valence electrons. The second kappa shape index (κ2) is 11.2. The molecule has 0 spiro atoms. The molecule has 1 aliphatic rings. The van der Waals surface area contributed by atoms with E-state index in [9.17, 15) is 9.18 Å². The molecule has 3 rings (SSSR count). The third-order valence-electron chi connectivity index (χ3n) is 5.00. The van der Waals surface area contributed by atoms with Gasteiger partial charge in [0.25, 0.3) is 0 Å². The van der Waals surface area contributed by atoms with Crippen molar-refractivity contribution in [2.75, 3.05) is 25.0 Å². The first-order chi connectivity index (χ1) is 14.0. The second-order valence-electron chi connectivity index (χ2n) is 7.43. The molecule has 0 unspecified atom stereocenters. The van der Waals surface area contributed by atoms with Crippen molar-refractivity contribution in [2.45, 2.75) is 38.5 Å². The zero-order valence-electron chi connectivity index (χ0n) is 17.4. The number of nitrogens with zero attached hydrogens (tertiary/aromatic N) is 2. The minimum Gasteiger partial charge on any atom is -0.357 e. The molecular weight excluding hydrogens is 496 g/mol. The van der Waals surface area contributed by atoms with Crippen molar-refractivity contribution >= 4 is 41.7 Å². The van der Waals surface area contributed by atoms with E-state index in [1.165, 1.54) is 6.07 Å². The third-order valence-corrected chi connectivity index (χ3v) is 5.00. The van der Waals surface area contributed by atoms with Crippen LogP contribution in [0.15, 0.2) is 47.6 Å². The van der Waals surface area contributed by atoms with Crippen LogP contribution in [0.2, 0.25) is 0 Å². The Morgan fingerprint density at radius 2 is 2.03 bits per heavy atom. The zero-order valence-corrected chi connectivity index (χ0v) is 19.7. The van der Waals surface area contributed by atoms with Gasteiger partial charge < -0.3 is 16.0 Å². The predicted molar refractivity (Wildman–Crippen MR) is 129 cm³/mol. The summed E-state index contributed by atoms with van der Waals surface area (Å²) in [4.78, 5) is 20.9. The summed E-state index contributed by atoms with van der Waals surface area (Å²) in [5, 5.41) is 9.17. The fourth-order valence-electron chi connectivity index (χ4n) is 3.12. The van der Waals surface area contributed by atoms with Crippen LogP contribution in [0.5, 0.6) is 0 Å². The number of halogens is 2. The Morgan fingerprint density at radius 1 is 1.23 bits per heavy atom. The van der Waals surface area contributed by atoms with Crippen molar-refractivity contribution < 1.29 is 9.18 Å². The minimum absolute atomic E-state index is 0. The number of benzene rings is 1. The number of aromatic nitrogens is 1. The summed E-state index contributed by atoms with van der Waals surface area (Å²) in [5.74, 6) is 0.892. The van der Waals surface area contributed by atoms with E-state index in [0.717, 1.165) is 30.5 Å². The number of aliphatic imine (C=N–C) groups is 1. The molecule has 0 saturated heterocycles. The van der Waals surface area contributed by atoms with Gasteiger partial charge in [-0.05, 0) is 56.0 Å². The predicted octanol–water partition coefficient (Wildman–Crippen LogP) is 3.76. The summed E-state index contributed by atoms with van der Waals surface area (Å²) < 4.78 is 13.6. The number of guanidine groups is 1. The first-order valence-electron chi connectivity index (χ1n) is 10.0. The van der Waals surface area contributed by atoms with Gasteiger partial charge in [-0.2, -0.15) is 0 Å². The maximum Gasteiger partial charge on any atom is 0.227 e. The van der Waals surface area contributed by atoms with Crippen molar-refractivity contribution in [2.24, 2.45) is 4.99 Å². The van der Waals surface area contributed by atoms with Crippen molar-refractivity contribution in [3.05, 3.63) is 59.5 Å². The number of nitrogens with one attached hydrogen (secondary N) is 3. The maximum absolute atomic E-state index is 13.6. The van der Waals surface area contributed by atoms with Crippen molar-refractivity contribution in [3.8, 4) is 0 Å². The highest BCUT2D eigenvalue weighted by molar-refractivity contribution is 14.0. The average Bonchev–Trinajstić information content (AvgIpc) is 3.49. The monoisotopic (exact) mass is 525 g/mol. The van der Waals surface area contributed by atoms with E-state index >= 15 is 0 Å². The van der Waals surface area contributed by atoms with Gasteiger partial charge in [0, 0.05) is 31.1 Å². The summed E-state index contributed by atoms with van der Waals surface area (Å²) >= 11 is 0. The Kier molecular flexibility index (Phi) is 9.01. The van der Waals surface area contributed by atoms with Crippen LogP contribution in [-0.4, -0.2) is 36.5 Å². The largest absolute Gasteiger partial charge is 0.357 e. The normalized spacial score (nSPS) is 14.4. The van der Waals surface area contributed by atoms with Gasteiger partial charge in [0.2, 0.25) is 5.91 Å². The smallest absolute Gasteiger partial charge is 0.227 e. The lowest BCUT2D eigenvalue weighted by Gasteiger charge is -2.16. The molecule has 30 heavy (non-hydrogen) atoms. The van der Waals surface area contributed by atoms with E-state index in [4.69, 9.17) is 0 Å². The van der Waals surface area contributed by atoms with Crippen LogP contribution < -0.4 is 16.0 Å². The van der Waals surface area contributed by atoms with Gasteiger partial charge in [-0.25, -0.2) is 9.37 Å². The van der Waals surface area contributed by atoms with E-state index in [1.54, 1.807) is 24.4 Å². The van der Waals surface area contributed by atoms with Gasteiger partial charge >= 0.3 is 0 Å². The number of rotatable bonds is 8. The Morgan fingerprint density at radius 3 is 2.67 bits per heavy atom. The standard InChI is InChI=1S/C22H28FN5O.HI/c1-3-24-21(25-12-9-20(29)28-19-8-7-16(2)14-26-19)27-15-22(10-11-22)17-5-4-6-18(23)13-17;/h4-8,13-14H,3,9-12,15H2,1-2H3,(H2,24,25,27)(H,26,28,29);1H. The number of aryl methyl sites for hydroxylation is 1. The lowest BCUT2D eigenvalue weighted by atomic mass is 9.96. The van der Waals surface area contributed by atoms with Crippen LogP contribution in [-0.2, 0) is 10.2 Å². The van der Waals surface area contributed by atoms with Crippen LogP contribution >= 0.6 is 24.0 Å². The highest BCUT2D eigenvalue weighted by Crippen LogP contribution is 2.48. The molecule has 0 aliphatic heterocycles. The zero-order chi connectivity index (χ0) is 20.7. The first kappa shape index (κ1) is 24.0. The Hall–Kier alpha value is -2.23. The molecule has 0 bridgehead atoms. The van der Waals surface area contributed by atoms with E-state index in [2.05, 4.69) is 25.9 Å². The molecule has 1 aromatic carbocycles. The molecule has 0 radical (unpaired) electrons. The lowest BCUT2D eigenvalue weighted by molar-refractivity contribution is -0.116. The van der Waals surface area contributed by atoms with Crippen LogP contribution in [0.4, 0.5) is 10.2 Å². The SMILES string of the molecule is CCNC(=NCC1(c2cccc(F)c2)CC1)NCCC(=O)Nc1ccc(C)cn1.I. The van der Waals surface area contributed by atoms with E-state index in [-0.39, 0.29) is 41.1 Å². The molecule has 2 aromatic rings. The third kappa shape index (κ3) is 6.93. The van der Waals surface area contributed by atoms with Crippen molar-refractivity contribution in [1.82, 2.24) is 15.6 Å². The summed E-state index contributed by atoms with van der Waals surface area (Å²) in [6.45, 7) is 5.71. The molecule has 0 atom stereocenters. The highest BCUT2D eigenvalue weighted by atomic mass is 127. The molecule has 6 nitrogen and oxygen atoms in total. The highest BCUT2D eigenvalue weighted by Gasteiger charge is 2.44. The van der Waals surface area contributed by atoms with Gasteiger partial charge in [0.05, 0.1) is 6.54 Å². The molecule has 1 aliphatic carbocycles.